The van der Waals surface area contributed by atoms with Crippen LogP contribution in [-0.4, -0.2) is 30.3 Å². The Morgan fingerprint density at radius 3 is 2.50 bits per heavy atom. The molecule has 0 aliphatic carbocycles. The van der Waals surface area contributed by atoms with E-state index in [-0.39, 0.29) is 5.91 Å². The van der Waals surface area contributed by atoms with Crippen LogP contribution in [0.25, 0.3) is 11.3 Å². The summed E-state index contributed by atoms with van der Waals surface area (Å²) in [6.45, 7) is 7.64. The van der Waals surface area contributed by atoms with Gasteiger partial charge in [0.15, 0.2) is 0 Å². The maximum atomic E-state index is 12.4. The maximum Gasteiger partial charge on any atom is 0.229 e. The van der Waals surface area contributed by atoms with Gasteiger partial charge in [-0.1, -0.05) is 27.7 Å². The van der Waals surface area contributed by atoms with Crippen molar-refractivity contribution in [2.45, 2.75) is 34.1 Å². The van der Waals surface area contributed by atoms with Crippen molar-refractivity contribution in [1.29, 1.82) is 0 Å². The van der Waals surface area contributed by atoms with Gasteiger partial charge in [-0.25, -0.2) is 0 Å². The lowest BCUT2D eigenvalue weighted by Crippen LogP contribution is -2.28. The van der Waals surface area contributed by atoms with Gasteiger partial charge in [0.05, 0.1) is 25.6 Å². The molecule has 2 aromatic rings. The second-order valence-corrected chi connectivity index (χ2v) is 6.55. The Morgan fingerprint density at radius 2 is 1.96 bits per heavy atom. The van der Waals surface area contributed by atoms with Crippen molar-refractivity contribution in [3.63, 3.8) is 0 Å². The molecule has 0 spiro atoms. The third-order valence-corrected chi connectivity index (χ3v) is 3.78. The van der Waals surface area contributed by atoms with E-state index in [0.717, 1.165) is 17.7 Å². The van der Waals surface area contributed by atoms with Crippen LogP contribution in [-0.2, 0) is 11.2 Å². The van der Waals surface area contributed by atoms with Crippen LogP contribution >= 0.6 is 0 Å². The second kappa shape index (κ2) is 6.95. The Balaban J connectivity index is 2.52. The van der Waals surface area contributed by atoms with Crippen molar-refractivity contribution in [2.75, 3.05) is 19.5 Å². The number of nitrogens with one attached hydrogen (secondary N) is 2. The fourth-order valence-electron chi connectivity index (χ4n) is 2.26. The van der Waals surface area contributed by atoms with Crippen LogP contribution in [0.4, 0.5) is 5.69 Å². The summed E-state index contributed by atoms with van der Waals surface area (Å²) < 4.78 is 10.7. The molecule has 130 valence electrons. The Hall–Kier alpha value is -2.50. The molecule has 0 atom stereocenters. The number of carbonyl (C=O) groups excluding carboxylic acids is 1. The zero-order valence-corrected chi connectivity index (χ0v) is 15.1. The van der Waals surface area contributed by atoms with E-state index in [2.05, 4.69) is 15.5 Å². The standard InChI is InChI=1S/C18H25N3O3/c1-7-13-16(19-17(22)18(2,3)4)15(21-20-13)12-9-8-11(23-5)10-14(12)24-6/h8-10H,7H2,1-6H3,(H,19,22)(H,20,21). The number of aryl methyl sites for hydroxylation is 1. The average molecular weight is 331 g/mol. The predicted molar refractivity (Wildman–Crippen MR) is 94.6 cm³/mol. The maximum absolute atomic E-state index is 12.4. The minimum absolute atomic E-state index is 0.0627. The summed E-state index contributed by atoms with van der Waals surface area (Å²) in [6, 6.07) is 5.51. The van der Waals surface area contributed by atoms with Crippen LogP contribution in [0.5, 0.6) is 11.5 Å². The molecule has 0 saturated heterocycles. The average Bonchev–Trinajstić information content (AvgIpc) is 2.95. The van der Waals surface area contributed by atoms with E-state index in [9.17, 15) is 4.79 Å². The molecule has 2 N–H and O–H groups in total. The van der Waals surface area contributed by atoms with Gasteiger partial charge in [0.25, 0.3) is 0 Å². The predicted octanol–water partition coefficient (Wildman–Crippen LogP) is 3.64. The minimum atomic E-state index is -0.496. The molecule has 1 aromatic heterocycles. The Labute approximate surface area is 142 Å². The number of benzene rings is 1. The first kappa shape index (κ1) is 17.8. The zero-order valence-electron chi connectivity index (χ0n) is 15.1. The number of ether oxygens (including phenoxy) is 2. The normalized spacial score (nSPS) is 11.2. The van der Waals surface area contributed by atoms with Gasteiger partial charge in [-0.05, 0) is 18.6 Å². The highest BCUT2D eigenvalue weighted by atomic mass is 16.5. The Morgan fingerprint density at radius 1 is 1.25 bits per heavy atom. The van der Waals surface area contributed by atoms with Crippen LogP contribution in [0.15, 0.2) is 18.2 Å². The molecule has 0 bridgehead atoms. The fraction of sp³-hybridized carbons (Fsp3) is 0.444. The van der Waals surface area contributed by atoms with Gasteiger partial charge in [0.1, 0.15) is 17.2 Å². The number of nitrogens with zero attached hydrogens (tertiary/aromatic N) is 1. The highest BCUT2D eigenvalue weighted by Crippen LogP contribution is 2.38. The molecule has 0 aliphatic heterocycles. The van der Waals surface area contributed by atoms with Gasteiger partial charge in [0.2, 0.25) is 5.91 Å². The molecule has 0 fully saturated rings. The third kappa shape index (κ3) is 3.53. The van der Waals surface area contributed by atoms with Gasteiger partial charge < -0.3 is 14.8 Å². The van der Waals surface area contributed by atoms with E-state index in [1.165, 1.54) is 0 Å². The van der Waals surface area contributed by atoms with Crippen LogP contribution in [0, 0.1) is 5.41 Å². The van der Waals surface area contributed by atoms with Crippen LogP contribution in [0.2, 0.25) is 0 Å². The molecule has 1 amide bonds. The summed E-state index contributed by atoms with van der Waals surface area (Å²) in [7, 11) is 3.20. The van der Waals surface area contributed by atoms with Crippen molar-refractivity contribution < 1.29 is 14.3 Å². The van der Waals surface area contributed by atoms with Gasteiger partial charge in [-0.2, -0.15) is 5.10 Å². The summed E-state index contributed by atoms with van der Waals surface area (Å²) in [5, 5.41) is 10.4. The number of H-pyrrole nitrogens is 1. The number of hydrogen-bond acceptors (Lipinski definition) is 4. The van der Waals surface area contributed by atoms with E-state index < -0.39 is 5.41 Å². The lowest BCUT2D eigenvalue weighted by atomic mass is 9.95. The van der Waals surface area contributed by atoms with Crippen molar-refractivity contribution in [3.05, 3.63) is 23.9 Å². The van der Waals surface area contributed by atoms with Crippen LogP contribution < -0.4 is 14.8 Å². The first-order valence-corrected chi connectivity index (χ1v) is 7.92. The molecule has 24 heavy (non-hydrogen) atoms. The Kier molecular flexibility index (Phi) is 5.17. The summed E-state index contributed by atoms with van der Waals surface area (Å²) >= 11 is 0. The summed E-state index contributed by atoms with van der Waals surface area (Å²) in [5.41, 5.74) is 2.52. The smallest absolute Gasteiger partial charge is 0.229 e. The molecule has 1 aromatic carbocycles. The number of methoxy groups -OCH3 is 2. The largest absolute Gasteiger partial charge is 0.497 e. The monoisotopic (exact) mass is 331 g/mol. The number of amides is 1. The van der Waals surface area contributed by atoms with Crippen molar-refractivity contribution in [3.8, 4) is 22.8 Å². The summed E-state index contributed by atoms with van der Waals surface area (Å²) in [5.74, 6) is 1.27. The molecule has 0 aliphatic rings. The third-order valence-electron chi connectivity index (χ3n) is 3.78. The van der Waals surface area contributed by atoms with E-state index in [0.29, 0.717) is 22.9 Å². The molecule has 0 unspecified atom stereocenters. The van der Waals surface area contributed by atoms with E-state index in [1.54, 1.807) is 20.3 Å². The molecule has 1 heterocycles. The van der Waals surface area contributed by atoms with E-state index in [1.807, 2.05) is 39.8 Å². The number of aromatic amines is 1. The quantitative estimate of drug-likeness (QED) is 0.877. The van der Waals surface area contributed by atoms with E-state index >= 15 is 0 Å². The molecule has 6 nitrogen and oxygen atoms in total. The first-order chi connectivity index (χ1) is 11.3. The van der Waals surface area contributed by atoms with Gasteiger partial charge in [-0.3, -0.25) is 9.89 Å². The van der Waals surface area contributed by atoms with Gasteiger partial charge in [-0.15, -0.1) is 0 Å². The minimum Gasteiger partial charge on any atom is -0.497 e. The zero-order chi connectivity index (χ0) is 17.9. The number of aromatic nitrogens is 2. The lowest BCUT2D eigenvalue weighted by molar-refractivity contribution is -0.123. The molecule has 0 saturated carbocycles. The van der Waals surface area contributed by atoms with Crippen molar-refractivity contribution in [2.24, 2.45) is 5.41 Å². The summed E-state index contributed by atoms with van der Waals surface area (Å²) in [6.07, 6.45) is 0.727. The number of carbonyl (C=O) groups is 1. The highest BCUT2D eigenvalue weighted by molar-refractivity contribution is 5.98. The molecule has 2 rings (SSSR count). The summed E-state index contributed by atoms with van der Waals surface area (Å²) in [4.78, 5) is 12.4. The van der Waals surface area contributed by atoms with Crippen LogP contribution in [0.3, 0.4) is 0 Å². The lowest BCUT2D eigenvalue weighted by Gasteiger charge is -2.18. The van der Waals surface area contributed by atoms with Gasteiger partial charge in [0, 0.05) is 17.0 Å². The topological polar surface area (TPSA) is 76.2 Å². The number of rotatable bonds is 5. The molecule has 0 radical (unpaired) electrons. The van der Waals surface area contributed by atoms with E-state index in [4.69, 9.17) is 9.47 Å². The number of hydrogen-bond donors (Lipinski definition) is 2. The van der Waals surface area contributed by atoms with Crippen molar-refractivity contribution >= 4 is 11.6 Å². The Bertz CT molecular complexity index is 730. The first-order valence-electron chi connectivity index (χ1n) is 7.92. The molecule has 6 heteroatoms. The fourth-order valence-corrected chi connectivity index (χ4v) is 2.26. The molecular formula is C18H25N3O3. The SMILES string of the molecule is CCc1[nH]nc(-c2ccc(OC)cc2OC)c1NC(=O)C(C)(C)C. The highest BCUT2D eigenvalue weighted by Gasteiger charge is 2.25. The second-order valence-electron chi connectivity index (χ2n) is 6.55. The van der Waals surface area contributed by atoms with Crippen molar-refractivity contribution in [1.82, 2.24) is 10.2 Å². The van der Waals surface area contributed by atoms with Crippen LogP contribution in [0.1, 0.15) is 33.4 Å². The van der Waals surface area contributed by atoms with Gasteiger partial charge >= 0.3 is 0 Å². The molecular weight excluding hydrogens is 306 g/mol. The number of anilines is 1.